The third-order valence-electron chi connectivity index (χ3n) is 3.67. The van der Waals surface area contributed by atoms with Gasteiger partial charge < -0.3 is 5.32 Å². The SMILES string of the molecule is CNC(=O)c1ccc(C(=O)Nc2nc(C3(C)CC3)ns2)cn1. The van der Waals surface area contributed by atoms with Crippen LogP contribution in [0.1, 0.15) is 46.4 Å². The van der Waals surface area contributed by atoms with Crippen LogP contribution >= 0.6 is 11.5 Å². The molecule has 0 saturated heterocycles. The van der Waals surface area contributed by atoms with Crippen molar-refractivity contribution < 1.29 is 9.59 Å². The predicted molar refractivity (Wildman–Crippen MR) is 82.1 cm³/mol. The summed E-state index contributed by atoms with van der Waals surface area (Å²) in [5.74, 6) is 0.180. The molecule has 0 unspecified atom stereocenters. The molecule has 2 heterocycles. The van der Waals surface area contributed by atoms with Crippen LogP contribution < -0.4 is 10.6 Å². The van der Waals surface area contributed by atoms with E-state index in [1.807, 2.05) is 0 Å². The van der Waals surface area contributed by atoms with Crippen LogP contribution in [-0.4, -0.2) is 33.2 Å². The van der Waals surface area contributed by atoms with Crippen LogP contribution in [0.15, 0.2) is 18.3 Å². The van der Waals surface area contributed by atoms with Crippen molar-refractivity contribution in [2.24, 2.45) is 0 Å². The van der Waals surface area contributed by atoms with Crippen LogP contribution in [0.2, 0.25) is 0 Å². The molecule has 0 atom stereocenters. The standard InChI is InChI=1S/C14H15N5O2S/c1-14(5-6-14)12-18-13(22-19-12)17-10(20)8-3-4-9(16-7-8)11(21)15-2/h3-4,7H,5-6H2,1-2H3,(H,15,21)(H,17,18,19,20). The maximum atomic E-state index is 12.1. The van der Waals surface area contributed by atoms with Gasteiger partial charge in [-0.2, -0.15) is 4.37 Å². The molecule has 1 saturated carbocycles. The van der Waals surface area contributed by atoms with E-state index in [4.69, 9.17) is 0 Å². The van der Waals surface area contributed by atoms with Gasteiger partial charge in [0.1, 0.15) is 5.69 Å². The Morgan fingerprint density at radius 2 is 2.05 bits per heavy atom. The number of anilines is 1. The molecule has 7 nitrogen and oxygen atoms in total. The van der Waals surface area contributed by atoms with E-state index in [9.17, 15) is 9.59 Å². The fourth-order valence-corrected chi connectivity index (χ4v) is 2.59. The number of rotatable bonds is 4. The Morgan fingerprint density at radius 3 is 2.64 bits per heavy atom. The van der Waals surface area contributed by atoms with Crippen molar-refractivity contribution in [3.63, 3.8) is 0 Å². The van der Waals surface area contributed by atoms with E-state index in [-0.39, 0.29) is 22.9 Å². The molecule has 0 spiro atoms. The lowest BCUT2D eigenvalue weighted by atomic mass is 10.1. The van der Waals surface area contributed by atoms with Gasteiger partial charge in [-0.3, -0.25) is 19.9 Å². The molecule has 0 bridgehead atoms. The van der Waals surface area contributed by atoms with Crippen molar-refractivity contribution in [3.05, 3.63) is 35.4 Å². The minimum absolute atomic E-state index is 0.0796. The monoisotopic (exact) mass is 317 g/mol. The Morgan fingerprint density at radius 1 is 1.27 bits per heavy atom. The number of carbonyl (C=O) groups excluding carboxylic acids is 2. The second-order valence-corrected chi connectivity index (χ2v) is 6.20. The molecule has 2 amide bonds. The van der Waals surface area contributed by atoms with Crippen LogP contribution in [0.4, 0.5) is 5.13 Å². The van der Waals surface area contributed by atoms with Gasteiger partial charge in [0.2, 0.25) is 5.13 Å². The molecule has 2 aromatic rings. The zero-order chi connectivity index (χ0) is 15.7. The van der Waals surface area contributed by atoms with Gasteiger partial charge in [0, 0.05) is 30.2 Å². The van der Waals surface area contributed by atoms with E-state index in [0.717, 1.165) is 18.7 Å². The molecule has 1 aliphatic rings. The number of pyridine rings is 1. The van der Waals surface area contributed by atoms with Crippen molar-refractivity contribution in [2.75, 3.05) is 12.4 Å². The van der Waals surface area contributed by atoms with Gasteiger partial charge in [-0.1, -0.05) is 6.92 Å². The highest BCUT2D eigenvalue weighted by molar-refractivity contribution is 7.09. The summed E-state index contributed by atoms with van der Waals surface area (Å²) in [6.45, 7) is 2.11. The van der Waals surface area contributed by atoms with E-state index < -0.39 is 0 Å². The second-order valence-electron chi connectivity index (χ2n) is 5.45. The summed E-state index contributed by atoms with van der Waals surface area (Å²) in [5, 5.41) is 5.66. The largest absolute Gasteiger partial charge is 0.354 e. The minimum atomic E-state index is -0.320. The Bertz CT molecular complexity index is 721. The molecule has 1 fully saturated rings. The zero-order valence-corrected chi connectivity index (χ0v) is 13.0. The van der Waals surface area contributed by atoms with E-state index in [2.05, 4.69) is 31.9 Å². The van der Waals surface area contributed by atoms with Gasteiger partial charge in [0.05, 0.1) is 5.56 Å². The number of amides is 2. The highest BCUT2D eigenvalue weighted by Crippen LogP contribution is 2.46. The Balaban J connectivity index is 1.69. The third kappa shape index (κ3) is 2.82. The normalized spacial score (nSPS) is 15.2. The lowest BCUT2D eigenvalue weighted by molar-refractivity contribution is 0.0955. The average Bonchev–Trinajstić information content (AvgIpc) is 3.10. The molecule has 0 aromatic carbocycles. The van der Waals surface area contributed by atoms with E-state index in [1.54, 1.807) is 6.07 Å². The predicted octanol–water partition coefficient (Wildman–Crippen LogP) is 1.60. The lowest BCUT2D eigenvalue weighted by Gasteiger charge is -2.03. The maximum Gasteiger partial charge on any atom is 0.269 e. The van der Waals surface area contributed by atoms with Crippen molar-refractivity contribution in [1.82, 2.24) is 19.7 Å². The summed E-state index contributed by atoms with van der Waals surface area (Å²) in [4.78, 5) is 31.8. The van der Waals surface area contributed by atoms with Crippen LogP contribution in [-0.2, 0) is 5.41 Å². The molecule has 0 radical (unpaired) electrons. The van der Waals surface area contributed by atoms with Gasteiger partial charge in [-0.05, 0) is 25.0 Å². The highest BCUT2D eigenvalue weighted by Gasteiger charge is 2.42. The van der Waals surface area contributed by atoms with Gasteiger partial charge >= 0.3 is 0 Å². The van der Waals surface area contributed by atoms with Gasteiger partial charge in [0.15, 0.2) is 5.82 Å². The average molecular weight is 317 g/mol. The summed E-state index contributed by atoms with van der Waals surface area (Å²) >= 11 is 1.17. The fraction of sp³-hybridized carbons (Fsp3) is 0.357. The van der Waals surface area contributed by atoms with Crippen LogP contribution in [0.5, 0.6) is 0 Å². The number of carbonyl (C=O) groups is 2. The quantitative estimate of drug-likeness (QED) is 0.892. The highest BCUT2D eigenvalue weighted by atomic mass is 32.1. The fourth-order valence-electron chi connectivity index (χ4n) is 1.89. The van der Waals surface area contributed by atoms with Crippen molar-refractivity contribution in [3.8, 4) is 0 Å². The Kier molecular flexibility index (Phi) is 3.61. The molecule has 8 heteroatoms. The molecule has 22 heavy (non-hydrogen) atoms. The number of aromatic nitrogens is 3. The first-order chi connectivity index (χ1) is 10.5. The summed E-state index contributed by atoms with van der Waals surface area (Å²) in [6, 6.07) is 3.06. The van der Waals surface area contributed by atoms with Crippen molar-refractivity contribution in [2.45, 2.75) is 25.2 Å². The molecular weight excluding hydrogens is 302 g/mol. The smallest absolute Gasteiger partial charge is 0.269 e. The molecule has 3 rings (SSSR count). The topological polar surface area (TPSA) is 96.9 Å². The third-order valence-corrected chi connectivity index (χ3v) is 4.30. The van der Waals surface area contributed by atoms with E-state index in [1.165, 1.54) is 30.8 Å². The van der Waals surface area contributed by atoms with Crippen LogP contribution in [0.3, 0.4) is 0 Å². The maximum absolute atomic E-state index is 12.1. The Labute approximate surface area is 131 Å². The van der Waals surface area contributed by atoms with E-state index in [0.29, 0.717) is 10.7 Å². The van der Waals surface area contributed by atoms with Gasteiger partial charge in [0.25, 0.3) is 11.8 Å². The molecule has 2 aromatic heterocycles. The Hall–Kier alpha value is -2.35. The molecule has 0 aliphatic heterocycles. The first-order valence-corrected chi connectivity index (χ1v) is 7.63. The molecule has 1 aliphatic carbocycles. The zero-order valence-electron chi connectivity index (χ0n) is 12.2. The first-order valence-electron chi connectivity index (χ1n) is 6.85. The first kappa shape index (κ1) is 14.6. The lowest BCUT2D eigenvalue weighted by Crippen LogP contribution is -2.20. The van der Waals surface area contributed by atoms with Crippen LogP contribution in [0.25, 0.3) is 0 Å². The summed E-state index contributed by atoms with van der Waals surface area (Å²) in [7, 11) is 1.53. The van der Waals surface area contributed by atoms with Gasteiger partial charge in [-0.25, -0.2) is 4.98 Å². The molecule has 114 valence electrons. The number of hydrogen-bond acceptors (Lipinski definition) is 6. The van der Waals surface area contributed by atoms with Crippen molar-refractivity contribution >= 4 is 28.5 Å². The number of hydrogen-bond donors (Lipinski definition) is 2. The number of nitrogens with zero attached hydrogens (tertiary/aromatic N) is 3. The number of nitrogens with one attached hydrogen (secondary N) is 2. The summed E-state index contributed by atoms with van der Waals surface area (Å²) in [6.07, 6.45) is 3.54. The molecular formula is C14H15N5O2S. The summed E-state index contributed by atoms with van der Waals surface area (Å²) in [5.41, 5.74) is 0.705. The second kappa shape index (κ2) is 5.45. The van der Waals surface area contributed by atoms with Crippen LogP contribution in [0, 0.1) is 0 Å². The van der Waals surface area contributed by atoms with Gasteiger partial charge in [-0.15, -0.1) is 0 Å². The minimum Gasteiger partial charge on any atom is -0.354 e. The van der Waals surface area contributed by atoms with E-state index >= 15 is 0 Å². The molecule has 2 N–H and O–H groups in total. The van der Waals surface area contributed by atoms with Crippen molar-refractivity contribution in [1.29, 1.82) is 0 Å². The summed E-state index contributed by atoms with van der Waals surface area (Å²) < 4.78 is 4.29.